The molecule has 2 N–H and O–H groups in total. The first-order valence-corrected chi connectivity index (χ1v) is 9.83. The number of rotatable bonds is 6. The van der Waals surface area contributed by atoms with Crippen molar-refractivity contribution in [3.8, 4) is 22.8 Å². The van der Waals surface area contributed by atoms with Gasteiger partial charge in [-0.05, 0) is 42.0 Å². The molecule has 0 amide bonds. The zero-order chi connectivity index (χ0) is 21.9. The van der Waals surface area contributed by atoms with Crippen LogP contribution in [0.2, 0.25) is 0 Å². The number of nitrogens with one attached hydrogen (secondary N) is 2. The summed E-state index contributed by atoms with van der Waals surface area (Å²) in [4.78, 5) is 8.75. The Labute approximate surface area is 180 Å². The lowest BCUT2D eigenvalue weighted by Crippen LogP contribution is -2.26. The minimum Gasteiger partial charge on any atom is -0.415 e. The highest BCUT2D eigenvalue weighted by atomic mass is 19.3. The Hall–Kier alpha value is -4.15. The van der Waals surface area contributed by atoms with Gasteiger partial charge in [-0.2, -0.15) is 13.8 Å². The summed E-state index contributed by atoms with van der Waals surface area (Å²) in [6.07, 6.45) is -2.38. The number of nitrogens with zero attached hydrogens (tertiary/aromatic N) is 5. The molecule has 4 aromatic rings. The molecule has 11 heteroatoms. The number of aromatic nitrogens is 4. The van der Waals surface area contributed by atoms with E-state index in [4.69, 9.17) is 8.94 Å². The summed E-state index contributed by atoms with van der Waals surface area (Å²) in [7, 11) is 0. The van der Waals surface area contributed by atoms with Crippen LogP contribution in [0.1, 0.15) is 23.8 Å². The third kappa shape index (κ3) is 4.31. The van der Waals surface area contributed by atoms with Crippen molar-refractivity contribution in [1.29, 1.82) is 0 Å². The topological polar surface area (TPSA) is 114 Å². The van der Waals surface area contributed by atoms with Crippen LogP contribution in [0.25, 0.3) is 22.8 Å². The second-order valence-corrected chi connectivity index (χ2v) is 6.99. The van der Waals surface area contributed by atoms with Crippen LogP contribution < -0.4 is 10.6 Å². The molecule has 1 aliphatic rings. The number of hydrogen-bond donors (Lipinski definition) is 2. The molecule has 0 unspecified atom stereocenters. The molecule has 0 fully saturated rings. The van der Waals surface area contributed by atoms with E-state index < -0.39 is 12.3 Å². The van der Waals surface area contributed by atoms with Gasteiger partial charge >= 0.3 is 6.43 Å². The van der Waals surface area contributed by atoms with Crippen LogP contribution in [-0.2, 0) is 6.42 Å². The summed E-state index contributed by atoms with van der Waals surface area (Å²) in [6, 6.07) is 14.7. The Morgan fingerprint density at radius 3 is 2.47 bits per heavy atom. The Morgan fingerprint density at radius 1 is 1.00 bits per heavy atom. The van der Waals surface area contributed by atoms with Crippen molar-refractivity contribution in [1.82, 2.24) is 25.7 Å². The highest BCUT2D eigenvalue weighted by Gasteiger charge is 2.17. The maximum Gasteiger partial charge on any atom is 0.314 e. The van der Waals surface area contributed by atoms with Crippen molar-refractivity contribution < 1.29 is 17.7 Å². The zero-order valence-corrected chi connectivity index (χ0v) is 16.6. The second-order valence-electron chi connectivity index (χ2n) is 6.99. The summed E-state index contributed by atoms with van der Waals surface area (Å²) in [5.41, 5.74) is 3.19. The van der Waals surface area contributed by atoms with Crippen molar-refractivity contribution in [2.75, 3.05) is 18.4 Å². The molecule has 0 radical (unpaired) electrons. The molecule has 3 heterocycles. The number of guanidine groups is 1. The molecule has 32 heavy (non-hydrogen) atoms. The van der Waals surface area contributed by atoms with Gasteiger partial charge in [0.1, 0.15) is 0 Å². The van der Waals surface area contributed by atoms with E-state index in [2.05, 4.69) is 36.0 Å². The fourth-order valence-corrected chi connectivity index (χ4v) is 3.14. The maximum atomic E-state index is 12.6. The zero-order valence-electron chi connectivity index (χ0n) is 16.6. The molecule has 0 aliphatic carbocycles. The minimum absolute atomic E-state index is 0.0423. The van der Waals surface area contributed by atoms with E-state index in [-0.39, 0.29) is 5.89 Å². The van der Waals surface area contributed by atoms with Crippen LogP contribution in [-0.4, -0.2) is 39.4 Å². The van der Waals surface area contributed by atoms with Gasteiger partial charge < -0.3 is 19.6 Å². The van der Waals surface area contributed by atoms with Gasteiger partial charge in [0.05, 0.1) is 13.0 Å². The van der Waals surface area contributed by atoms with Gasteiger partial charge in [-0.15, -0.1) is 10.2 Å². The molecule has 162 valence electrons. The van der Waals surface area contributed by atoms with Crippen LogP contribution in [0.4, 0.5) is 14.5 Å². The highest BCUT2D eigenvalue weighted by Crippen LogP contribution is 2.24. The number of anilines is 1. The van der Waals surface area contributed by atoms with Crippen molar-refractivity contribution in [3.05, 3.63) is 65.9 Å². The number of hydrogen-bond acceptors (Lipinski definition) is 9. The van der Waals surface area contributed by atoms with E-state index in [1.165, 1.54) is 0 Å². The summed E-state index contributed by atoms with van der Waals surface area (Å²) in [6.45, 7) is 1.61. The van der Waals surface area contributed by atoms with E-state index >= 15 is 0 Å². The van der Waals surface area contributed by atoms with Gasteiger partial charge in [0, 0.05) is 23.4 Å². The average Bonchev–Trinajstić information content (AvgIpc) is 3.57. The quantitative estimate of drug-likeness (QED) is 0.470. The number of aliphatic imine (C=N–C) groups is 1. The standard InChI is InChI=1S/C21H17F2N7O2/c22-17(23)20-29-28-19(31-20)14-3-1-12(2-4-14)11-16-27-18(30-32-16)13-5-7-15(8-6-13)26-21-24-9-10-25-21/h1-8,17H,9-11H2,(H2,24,25,26). The first-order chi connectivity index (χ1) is 15.6. The summed E-state index contributed by atoms with van der Waals surface area (Å²) >= 11 is 0. The van der Waals surface area contributed by atoms with Crippen LogP contribution >= 0.6 is 0 Å². The van der Waals surface area contributed by atoms with Gasteiger partial charge in [0.15, 0.2) is 5.96 Å². The van der Waals surface area contributed by atoms with E-state index in [1.54, 1.807) is 12.1 Å². The Morgan fingerprint density at radius 2 is 1.78 bits per heavy atom. The highest BCUT2D eigenvalue weighted by molar-refractivity contribution is 5.94. The number of benzene rings is 2. The van der Waals surface area contributed by atoms with Crippen LogP contribution in [0.15, 0.2) is 62.5 Å². The third-order valence-corrected chi connectivity index (χ3v) is 4.73. The molecular formula is C21H17F2N7O2. The lowest BCUT2D eigenvalue weighted by molar-refractivity contribution is 0.116. The first kappa shape index (κ1) is 19.8. The van der Waals surface area contributed by atoms with Crippen LogP contribution in [0.3, 0.4) is 0 Å². The van der Waals surface area contributed by atoms with E-state index in [0.29, 0.717) is 23.7 Å². The largest absolute Gasteiger partial charge is 0.415 e. The molecule has 2 aromatic carbocycles. The van der Waals surface area contributed by atoms with Gasteiger partial charge in [-0.25, -0.2) is 0 Å². The van der Waals surface area contributed by atoms with Gasteiger partial charge in [0.25, 0.3) is 5.89 Å². The lowest BCUT2D eigenvalue weighted by atomic mass is 10.1. The molecule has 0 saturated heterocycles. The lowest BCUT2D eigenvalue weighted by Gasteiger charge is -2.06. The van der Waals surface area contributed by atoms with E-state index in [1.807, 2.05) is 36.4 Å². The van der Waals surface area contributed by atoms with Crippen molar-refractivity contribution >= 4 is 11.6 Å². The first-order valence-electron chi connectivity index (χ1n) is 9.83. The van der Waals surface area contributed by atoms with E-state index in [0.717, 1.165) is 35.9 Å². The van der Waals surface area contributed by atoms with Gasteiger partial charge in [-0.1, -0.05) is 17.3 Å². The van der Waals surface area contributed by atoms with Gasteiger partial charge in [-0.3, -0.25) is 4.99 Å². The third-order valence-electron chi connectivity index (χ3n) is 4.73. The van der Waals surface area contributed by atoms with Crippen LogP contribution in [0, 0.1) is 0 Å². The fourth-order valence-electron chi connectivity index (χ4n) is 3.14. The predicted molar refractivity (Wildman–Crippen MR) is 111 cm³/mol. The monoisotopic (exact) mass is 437 g/mol. The molecule has 0 bridgehead atoms. The van der Waals surface area contributed by atoms with Crippen molar-refractivity contribution in [3.63, 3.8) is 0 Å². The molecule has 0 saturated carbocycles. The Kier molecular flexibility index (Phi) is 5.28. The van der Waals surface area contributed by atoms with Crippen LogP contribution in [0.5, 0.6) is 0 Å². The number of alkyl halides is 2. The molecule has 0 atom stereocenters. The van der Waals surface area contributed by atoms with Crippen molar-refractivity contribution in [2.24, 2.45) is 4.99 Å². The second kappa shape index (κ2) is 8.53. The molecule has 5 rings (SSSR count). The summed E-state index contributed by atoms with van der Waals surface area (Å²) < 4.78 is 35.5. The predicted octanol–water partition coefficient (Wildman–Crippen LogP) is 3.69. The molecule has 9 nitrogen and oxygen atoms in total. The fraction of sp³-hybridized carbons (Fsp3) is 0.190. The maximum absolute atomic E-state index is 12.6. The smallest absolute Gasteiger partial charge is 0.314 e. The van der Waals surface area contributed by atoms with Gasteiger partial charge in [0.2, 0.25) is 17.6 Å². The minimum atomic E-state index is -2.80. The molecule has 1 aliphatic heterocycles. The Bertz CT molecular complexity index is 1230. The molecule has 0 spiro atoms. The SMILES string of the molecule is FC(F)c1nnc(-c2ccc(Cc3nc(-c4ccc(NC5=NCCN5)cc4)no3)cc2)o1. The number of halogens is 2. The van der Waals surface area contributed by atoms with Crippen molar-refractivity contribution in [2.45, 2.75) is 12.8 Å². The van der Waals surface area contributed by atoms with E-state index in [9.17, 15) is 8.78 Å². The summed E-state index contributed by atoms with van der Waals surface area (Å²) in [5.74, 6) is 1.05. The summed E-state index contributed by atoms with van der Waals surface area (Å²) in [5, 5.41) is 17.4. The molecule has 2 aromatic heterocycles. The molecular weight excluding hydrogens is 420 g/mol. The normalized spacial score (nSPS) is 13.3. The average molecular weight is 437 g/mol. The Balaban J connectivity index is 1.24.